The largest absolute Gasteiger partial charge is 0.497 e. The molecule has 2 aromatic carbocycles. The number of anilines is 1. The minimum absolute atomic E-state index is 0.519. The number of nitrogen functional groups attached to an aromatic ring is 1. The summed E-state index contributed by atoms with van der Waals surface area (Å²) >= 11 is 9.41. The van der Waals surface area contributed by atoms with E-state index in [0.717, 1.165) is 4.47 Å². The second-order valence-electron chi connectivity index (χ2n) is 3.62. The van der Waals surface area contributed by atoms with Gasteiger partial charge in [-0.05, 0) is 18.2 Å². The summed E-state index contributed by atoms with van der Waals surface area (Å²) in [5.74, 6) is 1.78. The van der Waals surface area contributed by atoms with E-state index in [9.17, 15) is 0 Å². The maximum Gasteiger partial charge on any atom is 0.146 e. The molecule has 0 fully saturated rings. The lowest BCUT2D eigenvalue weighted by Gasteiger charge is -2.10. The smallest absolute Gasteiger partial charge is 0.146 e. The summed E-state index contributed by atoms with van der Waals surface area (Å²) in [4.78, 5) is 0. The van der Waals surface area contributed by atoms with Gasteiger partial charge in [-0.1, -0.05) is 27.5 Å². The van der Waals surface area contributed by atoms with Crippen molar-refractivity contribution in [2.75, 3.05) is 12.8 Å². The van der Waals surface area contributed by atoms with E-state index in [1.807, 2.05) is 6.07 Å². The Morgan fingerprint density at radius 2 is 1.83 bits per heavy atom. The quantitative estimate of drug-likeness (QED) is 0.845. The van der Waals surface area contributed by atoms with Gasteiger partial charge >= 0.3 is 0 Å². The van der Waals surface area contributed by atoms with Crippen molar-refractivity contribution in [3.63, 3.8) is 0 Å². The van der Waals surface area contributed by atoms with Crippen LogP contribution in [0.4, 0.5) is 5.69 Å². The van der Waals surface area contributed by atoms with Gasteiger partial charge in [-0.15, -0.1) is 0 Å². The Bertz CT molecular complexity index is 575. The monoisotopic (exact) mass is 327 g/mol. The second-order valence-corrected chi connectivity index (χ2v) is 4.94. The third-order valence-electron chi connectivity index (χ3n) is 2.26. The molecule has 0 aromatic heterocycles. The standard InChI is InChI=1S/C13H11BrClNO2/c1-17-10-5-9(16)6-11(7-10)18-13-3-2-8(14)4-12(13)15/h2-7H,16H2,1H3. The van der Waals surface area contributed by atoms with E-state index in [1.165, 1.54) is 0 Å². The molecule has 2 aromatic rings. The molecule has 2 N–H and O–H groups in total. The van der Waals surface area contributed by atoms with Gasteiger partial charge in [0.1, 0.15) is 17.2 Å². The van der Waals surface area contributed by atoms with Crippen molar-refractivity contribution in [1.82, 2.24) is 0 Å². The summed E-state index contributed by atoms with van der Waals surface area (Å²) in [5, 5.41) is 0.519. The molecule has 0 aliphatic carbocycles. The molecule has 3 nitrogen and oxygen atoms in total. The Morgan fingerprint density at radius 3 is 2.50 bits per heavy atom. The zero-order valence-corrected chi connectivity index (χ0v) is 12.0. The molecule has 0 unspecified atom stereocenters. The Kier molecular flexibility index (Phi) is 3.99. The van der Waals surface area contributed by atoms with E-state index in [2.05, 4.69) is 15.9 Å². The highest BCUT2D eigenvalue weighted by Crippen LogP contribution is 2.33. The number of hydrogen-bond acceptors (Lipinski definition) is 3. The summed E-state index contributed by atoms with van der Waals surface area (Å²) in [6, 6.07) is 10.6. The van der Waals surface area contributed by atoms with Crippen molar-refractivity contribution in [2.45, 2.75) is 0 Å². The van der Waals surface area contributed by atoms with Gasteiger partial charge < -0.3 is 15.2 Å². The van der Waals surface area contributed by atoms with Crippen molar-refractivity contribution in [1.29, 1.82) is 0 Å². The Labute approximate surface area is 119 Å². The molecule has 0 atom stereocenters. The zero-order chi connectivity index (χ0) is 13.1. The zero-order valence-electron chi connectivity index (χ0n) is 9.61. The van der Waals surface area contributed by atoms with Gasteiger partial charge in [-0.2, -0.15) is 0 Å². The molecule has 0 spiro atoms. The highest BCUT2D eigenvalue weighted by molar-refractivity contribution is 9.10. The van der Waals surface area contributed by atoms with Crippen LogP contribution < -0.4 is 15.2 Å². The minimum atomic E-state index is 0.519. The van der Waals surface area contributed by atoms with Crippen LogP contribution in [0.3, 0.4) is 0 Å². The number of methoxy groups -OCH3 is 1. The molecule has 94 valence electrons. The molecule has 0 heterocycles. The molecular formula is C13H11BrClNO2. The predicted molar refractivity (Wildman–Crippen MR) is 76.6 cm³/mol. The fourth-order valence-corrected chi connectivity index (χ4v) is 2.17. The van der Waals surface area contributed by atoms with Crippen LogP contribution in [0, 0.1) is 0 Å². The molecule has 0 aliphatic rings. The summed E-state index contributed by atoms with van der Waals surface area (Å²) in [7, 11) is 1.57. The predicted octanol–water partition coefficient (Wildman–Crippen LogP) is 4.49. The van der Waals surface area contributed by atoms with Gasteiger partial charge in [0.05, 0.1) is 12.1 Å². The van der Waals surface area contributed by atoms with E-state index in [1.54, 1.807) is 37.4 Å². The van der Waals surface area contributed by atoms with Crippen molar-refractivity contribution in [3.8, 4) is 17.2 Å². The molecule has 2 rings (SSSR count). The van der Waals surface area contributed by atoms with Gasteiger partial charge in [0.2, 0.25) is 0 Å². The van der Waals surface area contributed by atoms with E-state index in [0.29, 0.717) is 28.0 Å². The first kappa shape index (κ1) is 13.1. The Balaban J connectivity index is 2.30. The summed E-state index contributed by atoms with van der Waals surface area (Å²) < 4.78 is 11.7. The lowest BCUT2D eigenvalue weighted by molar-refractivity contribution is 0.409. The average molecular weight is 329 g/mol. The van der Waals surface area contributed by atoms with Gasteiger partial charge in [-0.3, -0.25) is 0 Å². The fourth-order valence-electron chi connectivity index (χ4n) is 1.46. The molecular weight excluding hydrogens is 318 g/mol. The normalized spacial score (nSPS) is 10.2. The van der Waals surface area contributed by atoms with Crippen molar-refractivity contribution < 1.29 is 9.47 Å². The molecule has 0 radical (unpaired) electrons. The number of benzene rings is 2. The third-order valence-corrected chi connectivity index (χ3v) is 3.05. The molecule has 5 heteroatoms. The fraction of sp³-hybridized carbons (Fsp3) is 0.0769. The van der Waals surface area contributed by atoms with Crippen LogP contribution in [-0.4, -0.2) is 7.11 Å². The minimum Gasteiger partial charge on any atom is -0.497 e. The van der Waals surface area contributed by atoms with Crippen molar-refractivity contribution >= 4 is 33.2 Å². The van der Waals surface area contributed by atoms with Crippen LogP contribution in [0.1, 0.15) is 0 Å². The van der Waals surface area contributed by atoms with Crippen molar-refractivity contribution in [3.05, 3.63) is 45.9 Å². The third kappa shape index (κ3) is 3.09. The molecule has 0 bridgehead atoms. The van der Waals surface area contributed by atoms with E-state index in [4.69, 9.17) is 26.8 Å². The first-order valence-corrected chi connectivity index (χ1v) is 6.33. The topological polar surface area (TPSA) is 44.5 Å². The molecule has 0 aliphatic heterocycles. The maximum atomic E-state index is 6.08. The first-order chi connectivity index (χ1) is 8.58. The maximum absolute atomic E-state index is 6.08. The number of nitrogens with two attached hydrogens (primary N) is 1. The molecule has 0 amide bonds. The lowest BCUT2D eigenvalue weighted by Crippen LogP contribution is -1.91. The Morgan fingerprint density at radius 1 is 1.11 bits per heavy atom. The van der Waals surface area contributed by atoms with Crippen LogP contribution in [0.25, 0.3) is 0 Å². The molecule has 0 saturated carbocycles. The second kappa shape index (κ2) is 5.50. The summed E-state index contributed by atoms with van der Waals surface area (Å²) in [5.41, 5.74) is 6.32. The van der Waals surface area contributed by atoms with Gasteiger partial charge in [0.25, 0.3) is 0 Å². The van der Waals surface area contributed by atoms with E-state index in [-0.39, 0.29) is 0 Å². The highest BCUT2D eigenvalue weighted by atomic mass is 79.9. The summed E-state index contributed by atoms with van der Waals surface area (Å²) in [6.07, 6.45) is 0. The van der Waals surface area contributed by atoms with Crippen LogP contribution in [0.2, 0.25) is 5.02 Å². The van der Waals surface area contributed by atoms with Crippen LogP contribution >= 0.6 is 27.5 Å². The highest BCUT2D eigenvalue weighted by Gasteiger charge is 2.06. The number of hydrogen-bond donors (Lipinski definition) is 1. The van der Waals surface area contributed by atoms with E-state index >= 15 is 0 Å². The van der Waals surface area contributed by atoms with E-state index < -0.39 is 0 Å². The van der Waals surface area contributed by atoms with Gasteiger partial charge in [0.15, 0.2) is 0 Å². The van der Waals surface area contributed by atoms with Crippen LogP contribution in [0.15, 0.2) is 40.9 Å². The number of rotatable bonds is 3. The van der Waals surface area contributed by atoms with Crippen LogP contribution in [-0.2, 0) is 0 Å². The van der Waals surface area contributed by atoms with Crippen LogP contribution in [0.5, 0.6) is 17.2 Å². The summed E-state index contributed by atoms with van der Waals surface area (Å²) in [6.45, 7) is 0. The SMILES string of the molecule is COc1cc(N)cc(Oc2ccc(Br)cc2Cl)c1. The van der Waals surface area contributed by atoms with Gasteiger partial charge in [0, 0.05) is 28.4 Å². The lowest BCUT2D eigenvalue weighted by atomic mass is 10.3. The van der Waals surface area contributed by atoms with Gasteiger partial charge in [-0.25, -0.2) is 0 Å². The molecule has 0 saturated heterocycles. The molecule has 18 heavy (non-hydrogen) atoms. The Hall–Kier alpha value is -1.39. The average Bonchev–Trinajstić information content (AvgIpc) is 2.32. The number of ether oxygens (including phenoxy) is 2. The van der Waals surface area contributed by atoms with Crippen molar-refractivity contribution in [2.24, 2.45) is 0 Å². The first-order valence-electron chi connectivity index (χ1n) is 5.16. The number of halogens is 2.